The minimum atomic E-state index is 0.401. The zero-order chi connectivity index (χ0) is 8.55. The third kappa shape index (κ3) is 1.08. The first-order valence-corrected chi connectivity index (χ1v) is 4.13. The second-order valence-electron chi connectivity index (χ2n) is 3.18. The van der Waals surface area contributed by atoms with E-state index in [9.17, 15) is 0 Å². The first-order valence-electron chi connectivity index (χ1n) is 4.13. The van der Waals surface area contributed by atoms with Gasteiger partial charge in [0.25, 0.3) is 0 Å². The van der Waals surface area contributed by atoms with Crippen LogP contribution >= 0.6 is 0 Å². The molecule has 0 spiro atoms. The molecule has 2 N–H and O–H groups in total. The Morgan fingerprint density at radius 3 is 2.92 bits per heavy atom. The van der Waals surface area contributed by atoms with Gasteiger partial charge < -0.3 is 10.5 Å². The van der Waals surface area contributed by atoms with E-state index in [1.54, 1.807) is 13.3 Å². The number of methoxy groups -OCH3 is 1. The quantitative estimate of drug-likeness (QED) is 0.709. The van der Waals surface area contributed by atoms with E-state index in [0.717, 1.165) is 18.7 Å². The highest BCUT2D eigenvalue weighted by molar-refractivity contribution is 5.27. The molecule has 0 bridgehead atoms. The van der Waals surface area contributed by atoms with Crippen LogP contribution in [0.3, 0.4) is 0 Å². The molecule has 1 aliphatic rings. The lowest BCUT2D eigenvalue weighted by Gasteiger charge is -2.34. The van der Waals surface area contributed by atoms with E-state index >= 15 is 0 Å². The largest absolute Gasteiger partial charge is 0.384 e. The zero-order valence-electron chi connectivity index (χ0n) is 7.10. The Bertz CT molecular complexity index is 265. The summed E-state index contributed by atoms with van der Waals surface area (Å²) in [5.74, 6) is 0.745. The van der Waals surface area contributed by atoms with E-state index in [1.807, 2.05) is 10.7 Å². The number of ether oxygens (including phenoxy) is 1. The van der Waals surface area contributed by atoms with Gasteiger partial charge in [0.15, 0.2) is 0 Å². The molecule has 0 atom stereocenters. The predicted octanol–water partition coefficient (Wildman–Crippen LogP) is 0.815. The van der Waals surface area contributed by atoms with Crippen LogP contribution in [0.25, 0.3) is 0 Å². The summed E-state index contributed by atoms with van der Waals surface area (Å²) >= 11 is 0. The fourth-order valence-corrected chi connectivity index (χ4v) is 1.56. The monoisotopic (exact) mass is 167 g/mol. The number of rotatable bonds is 2. The molecule has 1 heterocycles. The number of nitrogens with zero attached hydrogens (tertiary/aromatic N) is 2. The highest BCUT2D eigenvalue weighted by Gasteiger charge is 2.31. The molecule has 1 fully saturated rings. The maximum atomic E-state index is 5.70. The van der Waals surface area contributed by atoms with Crippen molar-refractivity contribution in [2.45, 2.75) is 25.0 Å². The van der Waals surface area contributed by atoms with Crippen LogP contribution in [-0.4, -0.2) is 23.0 Å². The number of nitrogen functional groups attached to an aromatic ring is 1. The van der Waals surface area contributed by atoms with Crippen LogP contribution in [0, 0.1) is 0 Å². The Morgan fingerprint density at radius 2 is 2.42 bits per heavy atom. The number of anilines is 1. The molecule has 0 aliphatic heterocycles. The van der Waals surface area contributed by atoms with Crippen LogP contribution in [0.1, 0.15) is 18.9 Å². The highest BCUT2D eigenvalue weighted by Crippen LogP contribution is 2.34. The van der Waals surface area contributed by atoms with Gasteiger partial charge in [-0.05, 0) is 18.9 Å². The minimum absolute atomic E-state index is 0.401. The average molecular weight is 167 g/mol. The molecule has 2 rings (SSSR count). The van der Waals surface area contributed by atoms with Crippen LogP contribution in [0.2, 0.25) is 0 Å². The first kappa shape index (κ1) is 7.61. The summed E-state index contributed by atoms with van der Waals surface area (Å²) < 4.78 is 7.04. The lowest BCUT2D eigenvalue weighted by molar-refractivity contribution is 0.00322. The van der Waals surface area contributed by atoms with Crippen LogP contribution in [-0.2, 0) is 4.74 Å². The van der Waals surface area contributed by atoms with Crippen LogP contribution in [0.4, 0.5) is 5.82 Å². The van der Waals surface area contributed by atoms with E-state index in [4.69, 9.17) is 10.5 Å². The fraction of sp³-hybridized carbons (Fsp3) is 0.625. The molecule has 1 aliphatic carbocycles. The molecule has 0 amide bonds. The third-order valence-electron chi connectivity index (χ3n) is 2.45. The zero-order valence-corrected chi connectivity index (χ0v) is 7.10. The molecule has 0 saturated heterocycles. The predicted molar refractivity (Wildman–Crippen MR) is 45.7 cm³/mol. The van der Waals surface area contributed by atoms with Crippen molar-refractivity contribution >= 4 is 5.82 Å². The van der Waals surface area contributed by atoms with Crippen molar-refractivity contribution < 1.29 is 4.74 Å². The van der Waals surface area contributed by atoms with Crippen molar-refractivity contribution in [1.82, 2.24) is 9.78 Å². The second-order valence-corrected chi connectivity index (χ2v) is 3.18. The van der Waals surface area contributed by atoms with E-state index in [-0.39, 0.29) is 0 Å². The Morgan fingerprint density at radius 1 is 1.67 bits per heavy atom. The van der Waals surface area contributed by atoms with Gasteiger partial charge in [0.1, 0.15) is 5.82 Å². The van der Waals surface area contributed by atoms with Crippen molar-refractivity contribution in [2.75, 3.05) is 12.8 Å². The summed E-state index contributed by atoms with van der Waals surface area (Å²) in [4.78, 5) is 0. The lowest BCUT2D eigenvalue weighted by Crippen LogP contribution is -2.33. The van der Waals surface area contributed by atoms with Gasteiger partial charge in [-0.2, -0.15) is 5.10 Å². The molecule has 4 nitrogen and oxygen atoms in total. The molecule has 0 unspecified atom stereocenters. The molecule has 1 aromatic rings. The molecule has 4 heteroatoms. The molecule has 1 saturated carbocycles. The third-order valence-corrected chi connectivity index (χ3v) is 2.45. The van der Waals surface area contributed by atoms with E-state index in [2.05, 4.69) is 5.10 Å². The normalized spacial score (nSPS) is 28.4. The van der Waals surface area contributed by atoms with E-state index in [0.29, 0.717) is 12.1 Å². The van der Waals surface area contributed by atoms with Gasteiger partial charge in [0, 0.05) is 7.11 Å². The van der Waals surface area contributed by atoms with Crippen LogP contribution in [0.5, 0.6) is 0 Å². The minimum Gasteiger partial charge on any atom is -0.384 e. The Balaban J connectivity index is 2.01. The first-order chi connectivity index (χ1) is 5.81. The van der Waals surface area contributed by atoms with Crippen molar-refractivity contribution in [1.29, 1.82) is 0 Å². The maximum absolute atomic E-state index is 5.70. The lowest BCUT2D eigenvalue weighted by atomic mass is 9.89. The Kier molecular flexibility index (Phi) is 1.77. The fourth-order valence-electron chi connectivity index (χ4n) is 1.56. The molecule has 0 aromatic carbocycles. The number of hydrogen-bond acceptors (Lipinski definition) is 3. The topological polar surface area (TPSA) is 53.1 Å². The highest BCUT2D eigenvalue weighted by atomic mass is 16.5. The number of hydrogen-bond donors (Lipinski definition) is 1. The van der Waals surface area contributed by atoms with E-state index < -0.39 is 0 Å². The average Bonchev–Trinajstić information content (AvgIpc) is 2.35. The standard InChI is InChI=1S/C8H13N3O/c1-12-7-4-6(5-7)11-8(9)2-3-10-11/h2-3,6-7H,4-5,9H2,1H3. The van der Waals surface area contributed by atoms with E-state index in [1.165, 1.54) is 0 Å². The second kappa shape index (κ2) is 2.79. The summed E-state index contributed by atoms with van der Waals surface area (Å²) in [7, 11) is 1.74. The van der Waals surface area contributed by atoms with Gasteiger partial charge in [-0.3, -0.25) is 0 Å². The molecule has 0 radical (unpaired) electrons. The SMILES string of the molecule is COC1CC(n2nccc2N)C1. The van der Waals surface area contributed by atoms with Crippen LogP contribution < -0.4 is 5.73 Å². The molecular weight excluding hydrogens is 154 g/mol. The molecular formula is C8H13N3O. The number of nitrogens with two attached hydrogens (primary N) is 1. The van der Waals surface area contributed by atoms with Crippen molar-refractivity contribution in [3.8, 4) is 0 Å². The maximum Gasteiger partial charge on any atom is 0.121 e. The van der Waals surface area contributed by atoms with Crippen molar-refractivity contribution in [3.63, 3.8) is 0 Å². The number of aromatic nitrogens is 2. The van der Waals surface area contributed by atoms with Gasteiger partial charge in [-0.15, -0.1) is 0 Å². The van der Waals surface area contributed by atoms with Crippen LogP contribution in [0.15, 0.2) is 12.3 Å². The summed E-state index contributed by atoms with van der Waals surface area (Å²) in [5, 5.41) is 4.14. The van der Waals surface area contributed by atoms with Crippen molar-refractivity contribution in [3.05, 3.63) is 12.3 Å². The van der Waals surface area contributed by atoms with Crippen molar-refractivity contribution in [2.24, 2.45) is 0 Å². The Hall–Kier alpha value is -1.03. The van der Waals surface area contributed by atoms with Gasteiger partial charge in [-0.1, -0.05) is 0 Å². The van der Waals surface area contributed by atoms with Gasteiger partial charge in [0.2, 0.25) is 0 Å². The summed E-state index contributed by atoms with van der Waals surface area (Å²) in [5.41, 5.74) is 5.70. The summed E-state index contributed by atoms with van der Waals surface area (Å²) in [6.45, 7) is 0. The van der Waals surface area contributed by atoms with Gasteiger partial charge in [-0.25, -0.2) is 4.68 Å². The summed E-state index contributed by atoms with van der Waals surface area (Å²) in [6.07, 6.45) is 4.19. The van der Waals surface area contributed by atoms with Gasteiger partial charge >= 0.3 is 0 Å². The van der Waals surface area contributed by atoms with Gasteiger partial charge in [0.05, 0.1) is 18.3 Å². The molecule has 1 aromatic heterocycles. The molecule has 12 heavy (non-hydrogen) atoms. The Labute approximate surface area is 71.3 Å². The summed E-state index contributed by atoms with van der Waals surface area (Å²) in [6, 6.07) is 2.27. The molecule has 66 valence electrons. The smallest absolute Gasteiger partial charge is 0.121 e.